The van der Waals surface area contributed by atoms with E-state index in [9.17, 15) is 8.42 Å². The van der Waals surface area contributed by atoms with Crippen molar-refractivity contribution in [3.8, 4) is 21.8 Å². The summed E-state index contributed by atoms with van der Waals surface area (Å²) in [4.78, 5) is 14.2. The van der Waals surface area contributed by atoms with Crippen LogP contribution in [0.5, 0.6) is 0 Å². The fourth-order valence-electron chi connectivity index (χ4n) is 3.89. The van der Waals surface area contributed by atoms with E-state index in [-0.39, 0.29) is 11.7 Å². The van der Waals surface area contributed by atoms with Crippen LogP contribution < -0.4 is 5.73 Å². The van der Waals surface area contributed by atoms with Gasteiger partial charge in [-0.3, -0.25) is 0 Å². The van der Waals surface area contributed by atoms with Gasteiger partial charge in [0.15, 0.2) is 9.84 Å². The molecule has 0 saturated heterocycles. The van der Waals surface area contributed by atoms with Gasteiger partial charge < -0.3 is 5.73 Å². The molecular formula is C23H26Cl2N4O2S2. The molecule has 1 fully saturated rings. The van der Waals surface area contributed by atoms with Gasteiger partial charge >= 0.3 is 0 Å². The number of halogens is 2. The Bertz CT molecular complexity index is 1270. The van der Waals surface area contributed by atoms with Crippen molar-refractivity contribution in [3.63, 3.8) is 0 Å². The summed E-state index contributed by atoms with van der Waals surface area (Å²) in [5, 5.41) is 1.48. The molecule has 4 rings (SSSR count). The lowest BCUT2D eigenvalue weighted by Crippen LogP contribution is -2.25. The average Bonchev–Trinajstić information content (AvgIpc) is 3.52. The summed E-state index contributed by atoms with van der Waals surface area (Å²) in [6, 6.07) is 5.34. The summed E-state index contributed by atoms with van der Waals surface area (Å²) in [6.07, 6.45) is 5.24. The normalized spacial score (nSPS) is 15.0. The molecular weight excluding hydrogens is 499 g/mol. The molecule has 0 radical (unpaired) electrons. The summed E-state index contributed by atoms with van der Waals surface area (Å²) in [5.74, 6) is 0.791. The first-order chi connectivity index (χ1) is 15.7. The number of hydrogen-bond donors (Lipinski definition) is 1. The minimum Gasteiger partial charge on any atom is -0.368 e. The predicted octanol–water partition coefficient (Wildman–Crippen LogP) is 6.18. The highest BCUT2D eigenvalue weighted by atomic mass is 35.5. The first kappa shape index (κ1) is 24.4. The van der Waals surface area contributed by atoms with Gasteiger partial charge in [-0.25, -0.2) is 23.4 Å². The van der Waals surface area contributed by atoms with E-state index in [1.165, 1.54) is 0 Å². The van der Waals surface area contributed by atoms with E-state index in [4.69, 9.17) is 33.9 Å². The summed E-state index contributed by atoms with van der Waals surface area (Å²) >= 11 is 15.0. The van der Waals surface area contributed by atoms with E-state index < -0.39 is 15.1 Å². The Hall–Kier alpha value is -1.74. The summed E-state index contributed by atoms with van der Waals surface area (Å²) in [7, 11) is -3.23. The predicted molar refractivity (Wildman–Crippen MR) is 137 cm³/mol. The van der Waals surface area contributed by atoms with E-state index >= 15 is 0 Å². The van der Waals surface area contributed by atoms with E-state index in [0.29, 0.717) is 57.7 Å². The minimum absolute atomic E-state index is 0.159. The zero-order chi connectivity index (χ0) is 23.8. The maximum Gasteiger partial charge on any atom is 0.220 e. The Morgan fingerprint density at radius 2 is 1.97 bits per heavy atom. The molecule has 2 N–H and O–H groups in total. The molecule has 1 atom stereocenters. The van der Waals surface area contributed by atoms with Crippen LogP contribution in [0.2, 0.25) is 10.0 Å². The third kappa shape index (κ3) is 5.34. The molecule has 6 nitrogen and oxygen atoms in total. The number of rotatable bonds is 9. The molecule has 1 unspecified atom stereocenters. The van der Waals surface area contributed by atoms with Crippen molar-refractivity contribution in [2.45, 2.75) is 57.1 Å². The average molecular weight is 526 g/mol. The second-order valence-corrected chi connectivity index (χ2v) is 12.6. The maximum absolute atomic E-state index is 12.8. The van der Waals surface area contributed by atoms with Crippen molar-refractivity contribution in [3.05, 3.63) is 45.0 Å². The van der Waals surface area contributed by atoms with Crippen molar-refractivity contribution < 1.29 is 8.42 Å². The van der Waals surface area contributed by atoms with Gasteiger partial charge in [-0.2, -0.15) is 0 Å². The molecule has 176 valence electrons. The third-order valence-corrected chi connectivity index (χ3v) is 10.1. The highest BCUT2D eigenvalue weighted by Gasteiger charge is 2.31. The van der Waals surface area contributed by atoms with Gasteiger partial charge in [0, 0.05) is 22.7 Å². The SMILES string of the molecule is CCCS(=O)(=O)C(CC)Cc1cc(Cl)cc(-c2nc(C3CC3)sc2-c2ccnc(N)n2)c1Cl. The van der Waals surface area contributed by atoms with E-state index in [1.807, 2.05) is 13.8 Å². The first-order valence-electron chi connectivity index (χ1n) is 11.0. The molecule has 0 spiro atoms. The monoisotopic (exact) mass is 524 g/mol. The van der Waals surface area contributed by atoms with Crippen LogP contribution >= 0.6 is 34.5 Å². The fourth-order valence-corrected chi connectivity index (χ4v) is 7.47. The standard InChI is InChI=1S/C23H26Cl2N4O2S2/c1-3-9-33(30,31)16(4-2)11-14-10-15(24)12-17(19(14)25)20-21(18-7-8-27-23(26)28-18)32-22(29-20)13-5-6-13/h7-8,10,12-13,16H,3-6,9,11H2,1-2H3,(H2,26,27,28). The molecule has 1 aliphatic carbocycles. The van der Waals surface area contributed by atoms with E-state index in [1.54, 1.807) is 35.7 Å². The largest absolute Gasteiger partial charge is 0.368 e. The van der Waals surface area contributed by atoms with Crippen molar-refractivity contribution in [2.75, 3.05) is 11.5 Å². The molecule has 2 aromatic heterocycles. The van der Waals surface area contributed by atoms with Gasteiger partial charge in [-0.05, 0) is 55.9 Å². The van der Waals surface area contributed by atoms with Crippen LogP contribution in [-0.4, -0.2) is 34.4 Å². The Kier molecular flexibility index (Phi) is 7.29. The Morgan fingerprint density at radius 1 is 1.21 bits per heavy atom. The summed E-state index contributed by atoms with van der Waals surface area (Å²) in [6.45, 7) is 3.76. The molecule has 1 saturated carbocycles. The lowest BCUT2D eigenvalue weighted by Gasteiger charge is -2.18. The molecule has 0 bridgehead atoms. The van der Waals surface area contributed by atoms with Crippen LogP contribution in [0.4, 0.5) is 5.95 Å². The smallest absolute Gasteiger partial charge is 0.220 e. The zero-order valence-electron chi connectivity index (χ0n) is 18.5. The quantitative estimate of drug-likeness (QED) is 0.358. The fraction of sp³-hybridized carbons (Fsp3) is 0.435. The Labute approximate surface area is 208 Å². The van der Waals surface area contributed by atoms with Crippen LogP contribution in [0.25, 0.3) is 21.8 Å². The number of anilines is 1. The van der Waals surface area contributed by atoms with Crippen LogP contribution in [0.1, 0.15) is 56.0 Å². The van der Waals surface area contributed by atoms with Gasteiger partial charge in [0.25, 0.3) is 0 Å². The first-order valence-corrected chi connectivity index (χ1v) is 14.3. The van der Waals surface area contributed by atoms with Gasteiger partial charge in [0.05, 0.1) is 37.3 Å². The molecule has 2 heterocycles. The molecule has 3 aromatic rings. The van der Waals surface area contributed by atoms with Crippen LogP contribution in [-0.2, 0) is 16.3 Å². The second-order valence-electron chi connectivity index (χ2n) is 8.33. The van der Waals surface area contributed by atoms with E-state index in [0.717, 1.165) is 22.7 Å². The number of thiazole rings is 1. The zero-order valence-corrected chi connectivity index (χ0v) is 21.7. The van der Waals surface area contributed by atoms with Gasteiger partial charge in [-0.1, -0.05) is 37.0 Å². The number of benzene rings is 1. The van der Waals surface area contributed by atoms with Gasteiger partial charge in [-0.15, -0.1) is 11.3 Å². The number of nitrogens with two attached hydrogens (primary N) is 1. The number of nitrogen functional groups attached to an aromatic ring is 1. The number of nitrogens with zero attached hydrogens (tertiary/aromatic N) is 3. The van der Waals surface area contributed by atoms with Crippen molar-refractivity contribution in [1.82, 2.24) is 15.0 Å². The van der Waals surface area contributed by atoms with Crippen molar-refractivity contribution >= 4 is 50.3 Å². The lowest BCUT2D eigenvalue weighted by molar-refractivity contribution is 0.572. The van der Waals surface area contributed by atoms with Crippen LogP contribution in [0, 0.1) is 0 Å². The van der Waals surface area contributed by atoms with Gasteiger partial charge in [0.1, 0.15) is 0 Å². The molecule has 1 aromatic carbocycles. The van der Waals surface area contributed by atoms with Gasteiger partial charge in [0.2, 0.25) is 5.95 Å². The number of aromatic nitrogens is 3. The highest BCUT2D eigenvalue weighted by molar-refractivity contribution is 7.92. The topological polar surface area (TPSA) is 98.8 Å². The molecule has 0 aliphatic heterocycles. The van der Waals surface area contributed by atoms with Crippen LogP contribution in [0.15, 0.2) is 24.4 Å². The number of hydrogen-bond acceptors (Lipinski definition) is 7. The molecule has 33 heavy (non-hydrogen) atoms. The molecule has 1 aliphatic rings. The Balaban J connectivity index is 1.81. The van der Waals surface area contributed by atoms with Crippen molar-refractivity contribution in [1.29, 1.82) is 0 Å². The maximum atomic E-state index is 12.8. The van der Waals surface area contributed by atoms with E-state index in [2.05, 4.69) is 9.97 Å². The minimum atomic E-state index is -3.23. The second kappa shape index (κ2) is 9.86. The highest BCUT2D eigenvalue weighted by Crippen LogP contribution is 2.48. The summed E-state index contributed by atoms with van der Waals surface area (Å²) in [5.41, 5.74) is 8.59. The Morgan fingerprint density at radius 3 is 2.61 bits per heavy atom. The molecule has 0 amide bonds. The van der Waals surface area contributed by atoms with Crippen molar-refractivity contribution in [2.24, 2.45) is 0 Å². The number of sulfone groups is 1. The molecule has 10 heteroatoms. The lowest BCUT2D eigenvalue weighted by atomic mass is 10.0. The van der Waals surface area contributed by atoms with Crippen LogP contribution in [0.3, 0.4) is 0 Å². The third-order valence-electron chi connectivity index (χ3n) is 5.74. The summed E-state index contributed by atoms with van der Waals surface area (Å²) < 4.78 is 25.5.